The zero-order chi connectivity index (χ0) is 16.3. The van der Waals surface area contributed by atoms with Crippen LogP contribution in [0.3, 0.4) is 0 Å². The van der Waals surface area contributed by atoms with Gasteiger partial charge in [0.2, 0.25) is 10.0 Å². The molecule has 2 rings (SSSR count). The number of nitrogens with one attached hydrogen (secondary N) is 1. The number of halogens is 1. The molecule has 0 saturated carbocycles. The number of carbonyl (C=O) groups is 1. The van der Waals surface area contributed by atoms with E-state index in [1.807, 2.05) is 23.8 Å². The number of sulfonamides is 1. The van der Waals surface area contributed by atoms with Gasteiger partial charge in [0.1, 0.15) is 0 Å². The van der Waals surface area contributed by atoms with E-state index in [9.17, 15) is 13.2 Å². The smallest absolute Gasteiger partial charge is 0.264 e. The van der Waals surface area contributed by atoms with E-state index in [1.54, 1.807) is 12.1 Å². The number of hydrogen-bond donors (Lipinski definition) is 1. The molecule has 5 nitrogen and oxygen atoms in total. The fourth-order valence-corrected chi connectivity index (χ4v) is 2.59. The number of nitrogens with zero attached hydrogens (tertiary/aromatic N) is 1. The van der Waals surface area contributed by atoms with Crippen LogP contribution in [0.4, 0.5) is 0 Å². The lowest BCUT2D eigenvalue weighted by atomic mass is 10.1. The highest BCUT2D eigenvalue weighted by atomic mass is 35.5. The molecule has 0 radical (unpaired) electrons. The third-order valence-corrected chi connectivity index (χ3v) is 3.84. The van der Waals surface area contributed by atoms with Crippen LogP contribution in [0.15, 0.2) is 36.4 Å². The number of aryl methyl sites for hydroxylation is 1. The van der Waals surface area contributed by atoms with Crippen molar-refractivity contribution in [2.45, 2.75) is 13.3 Å². The zero-order valence-electron chi connectivity index (χ0n) is 12.1. The van der Waals surface area contributed by atoms with Crippen molar-refractivity contribution in [1.29, 1.82) is 0 Å². The van der Waals surface area contributed by atoms with Gasteiger partial charge in [0.15, 0.2) is 0 Å². The Hall–Kier alpha value is -1.92. The van der Waals surface area contributed by atoms with E-state index in [1.165, 1.54) is 12.1 Å². The van der Waals surface area contributed by atoms with Gasteiger partial charge in [-0.3, -0.25) is 9.78 Å². The Morgan fingerprint density at radius 3 is 2.64 bits per heavy atom. The fraction of sp³-hybridized carbons (Fsp3) is 0.200. The van der Waals surface area contributed by atoms with Crippen molar-refractivity contribution in [2.75, 3.05) is 6.26 Å². The van der Waals surface area contributed by atoms with Gasteiger partial charge in [-0.1, -0.05) is 24.6 Å². The van der Waals surface area contributed by atoms with E-state index in [0.717, 1.165) is 18.4 Å². The molecule has 0 atom stereocenters. The number of amides is 1. The number of pyridine rings is 1. The maximum absolute atomic E-state index is 11.9. The number of rotatable bonds is 4. The monoisotopic (exact) mass is 338 g/mol. The van der Waals surface area contributed by atoms with Crippen LogP contribution in [0.2, 0.25) is 5.02 Å². The number of benzene rings is 1. The van der Waals surface area contributed by atoms with Crippen molar-refractivity contribution >= 4 is 27.5 Å². The minimum absolute atomic E-state index is 0.202. The minimum atomic E-state index is -3.62. The zero-order valence-corrected chi connectivity index (χ0v) is 13.7. The summed E-state index contributed by atoms with van der Waals surface area (Å²) in [5.74, 6) is -0.702. The Morgan fingerprint density at radius 2 is 2.00 bits per heavy atom. The van der Waals surface area contributed by atoms with Crippen LogP contribution < -0.4 is 4.72 Å². The summed E-state index contributed by atoms with van der Waals surface area (Å²) in [5.41, 5.74) is 2.32. The van der Waals surface area contributed by atoms with Crippen molar-refractivity contribution in [3.8, 4) is 11.3 Å². The average molecular weight is 339 g/mol. The molecule has 1 aromatic carbocycles. The minimum Gasteiger partial charge on any atom is -0.268 e. The lowest BCUT2D eigenvalue weighted by Gasteiger charge is -2.08. The van der Waals surface area contributed by atoms with E-state index in [-0.39, 0.29) is 5.56 Å². The third kappa shape index (κ3) is 4.05. The highest BCUT2D eigenvalue weighted by Gasteiger charge is 2.14. The summed E-state index contributed by atoms with van der Waals surface area (Å²) in [6, 6.07) is 10.1. The van der Waals surface area contributed by atoms with Crippen molar-refractivity contribution in [1.82, 2.24) is 9.71 Å². The number of carbonyl (C=O) groups excluding carboxylic acids is 1. The van der Waals surface area contributed by atoms with Gasteiger partial charge in [0, 0.05) is 16.8 Å². The van der Waals surface area contributed by atoms with Crippen LogP contribution in [-0.4, -0.2) is 25.6 Å². The van der Waals surface area contributed by atoms with Crippen LogP contribution in [-0.2, 0) is 16.4 Å². The molecule has 116 valence electrons. The average Bonchev–Trinajstić information content (AvgIpc) is 2.46. The van der Waals surface area contributed by atoms with E-state index >= 15 is 0 Å². The van der Waals surface area contributed by atoms with E-state index < -0.39 is 15.9 Å². The standard InChI is InChI=1S/C15H15ClN2O3S/c1-3-11-5-4-6-14(17-11)12-9-10(7-8-13(12)16)15(19)18-22(2,20)21/h4-9H,3H2,1-2H3,(H,18,19). The molecule has 1 heterocycles. The molecule has 0 fully saturated rings. The van der Waals surface area contributed by atoms with Gasteiger partial charge >= 0.3 is 0 Å². The fourth-order valence-electron chi connectivity index (χ4n) is 1.92. The van der Waals surface area contributed by atoms with Crippen molar-refractivity contribution in [3.63, 3.8) is 0 Å². The van der Waals surface area contributed by atoms with Crippen LogP contribution in [0, 0.1) is 0 Å². The molecule has 2 aromatic rings. The molecule has 0 bridgehead atoms. The largest absolute Gasteiger partial charge is 0.268 e. The van der Waals surface area contributed by atoms with Gasteiger partial charge in [0.05, 0.1) is 17.0 Å². The summed E-state index contributed by atoms with van der Waals surface area (Å²) < 4.78 is 24.2. The second kappa shape index (κ2) is 6.46. The van der Waals surface area contributed by atoms with Crippen LogP contribution in [0.25, 0.3) is 11.3 Å². The predicted octanol–water partition coefficient (Wildman–Crippen LogP) is 2.65. The Kier molecular flexibility index (Phi) is 4.83. The van der Waals surface area contributed by atoms with Gasteiger partial charge in [-0.25, -0.2) is 13.1 Å². The Labute approximate surface area is 134 Å². The predicted molar refractivity (Wildman–Crippen MR) is 86.4 cm³/mol. The Balaban J connectivity index is 2.44. The molecular weight excluding hydrogens is 324 g/mol. The Morgan fingerprint density at radius 1 is 1.27 bits per heavy atom. The molecular formula is C15H15ClN2O3S. The maximum atomic E-state index is 11.9. The van der Waals surface area contributed by atoms with Crippen LogP contribution in [0.1, 0.15) is 23.0 Å². The second-order valence-electron chi connectivity index (χ2n) is 4.77. The van der Waals surface area contributed by atoms with Gasteiger partial charge in [-0.05, 0) is 36.8 Å². The van der Waals surface area contributed by atoms with Crippen LogP contribution >= 0.6 is 11.6 Å². The second-order valence-corrected chi connectivity index (χ2v) is 6.92. The lowest BCUT2D eigenvalue weighted by molar-refractivity contribution is 0.0981. The molecule has 0 aliphatic heterocycles. The van der Waals surface area contributed by atoms with Crippen LogP contribution in [0.5, 0.6) is 0 Å². The third-order valence-electron chi connectivity index (χ3n) is 2.95. The lowest BCUT2D eigenvalue weighted by Crippen LogP contribution is -2.29. The quantitative estimate of drug-likeness (QED) is 0.929. The normalized spacial score (nSPS) is 11.2. The molecule has 1 amide bonds. The van der Waals surface area contributed by atoms with Gasteiger partial charge in [0.25, 0.3) is 5.91 Å². The van der Waals surface area contributed by atoms with E-state index in [2.05, 4.69) is 4.98 Å². The van der Waals surface area contributed by atoms with Crippen molar-refractivity contribution in [2.24, 2.45) is 0 Å². The maximum Gasteiger partial charge on any atom is 0.264 e. The summed E-state index contributed by atoms with van der Waals surface area (Å²) in [5, 5.41) is 0.441. The van der Waals surface area contributed by atoms with E-state index in [4.69, 9.17) is 11.6 Å². The molecule has 0 spiro atoms. The first-order valence-corrected chi connectivity index (χ1v) is 8.85. The topological polar surface area (TPSA) is 76.1 Å². The highest BCUT2D eigenvalue weighted by molar-refractivity contribution is 7.89. The summed E-state index contributed by atoms with van der Waals surface area (Å²) in [7, 11) is -3.62. The molecule has 7 heteroatoms. The van der Waals surface area contributed by atoms with Gasteiger partial charge in [-0.15, -0.1) is 0 Å². The van der Waals surface area contributed by atoms with Crippen molar-refractivity contribution < 1.29 is 13.2 Å². The number of hydrogen-bond acceptors (Lipinski definition) is 4. The molecule has 0 aliphatic rings. The molecule has 0 aliphatic carbocycles. The van der Waals surface area contributed by atoms with E-state index in [0.29, 0.717) is 16.3 Å². The summed E-state index contributed by atoms with van der Waals surface area (Å²) in [6.07, 6.45) is 1.70. The first kappa shape index (κ1) is 16.5. The number of aromatic nitrogens is 1. The van der Waals surface area contributed by atoms with Gasteiger partial charge < -0.3 is 0 Å². The van der Waals surface area contributed by atoms with Crippen molar-refractivity contribution in [3.05, 3.63) is 52.7 Å². The molecule has 1 N–H and O–H groups in total. The SMILES string of the molecule is CCc1cccc(-c2cc(C(=O)NS(C)(=O)=O)ccc2Cl)n1. The molecule has 0 saturated heterocycles. The molecule has 0 unspecified atom stereocenters. The summed E-state index contributed by atoms with van der Waals surface area (Å²) in [4.78, 5) is 16.4. The first-order valence-electron chi connectivity index (χ1n) is 6.58. The first-order chi connectivity index (χ1) is 10.3. The molecule has 1 aromatic heterocycles. The highest BCUT2D eigenvalue weighted by Crippen LogP contribution is 2.27. The summed E-state index contributed by atoms with van der Waals surface area (Å²) in [6.45, 7) is 1.99. The van der Waals surface area contributed by atoms with Gasteiger partial charge in [-0.2, -0.15) is 0 Å². The summed E-state index contributed by atoms with van der Waals surface area (Å²) >= 11 is 6.17. The molecule has 22 heavy (non-hydrogen) atoms. The Bertz CT molecular complexity index is 819.